The summed E-state index contributed by atoms with van der Waals surface area (Å²) in [5.74, 6) is -0.884. The minimum Gasteiger partial charge on any atom is -0.481 e. The molecule has 2 rings (SSSR count). The number of carboxylic acids is 1. The van der Waals surface area contributed by atoms with Gasteiger partial charge in [-0.05, 0) is 18.1 Å². The highest BCUT2D eigenvalue weighted by Crippen LogP contribution is 2.06. The Labute approximate surface area is 114 Å². The Bertz CT molecular complexity index is 741. The molecule has 1 heterocycles. The van der Waals surface area contributed by atoms with Gasteiger partial charge in [0.25, 0.3) is 5.56 Å². The van der Waals surface area contributed by atoms with E-state index in [4.69, 9.17) is 5.11 Å². The lowest BCUT2D eigenvalue weighted by atomic mass is 10.1. The van der Waals surface area contributed by atoms with E-state index in [1.807, 2.05) is 0 Å². The number of H-pyrrole nitrogens is 1. The number of carbonyl (C=O) groups is 1. The Morgan fingerprint density at radius 2 is 1.80 bits per heavy atom. The molecular weight excluding hydrogens is 260 g/mol. The molecule has 0 aliphatic heterocycles. The molecule has 2 N–H and O–H groups in total. The second-order valence-corrected chi connectivity index (χ2v) is 4.59. The summed E-state index contributed by atoms with van der Waals surface area (Å²) in [7, 11) is 0. The third-order valence-electron chi connectivity index (χ3n) is 2.92. The number of aromatic amines is 1. The van der Waals surface area contributed by atoms with E-state index in [-0.39, 0.29) is 12.0 Å². The zero-order valence-electron chi connectivity index (χ0n) is 10.9. The SMILES string of the molecule is Cc1cn(Cc2ccc(CC(=O)O)cc2)c(=O)[nH]c1=O. The summed E-state index contributed by atoms with van der Waals surface area (Å²) in [6.07, 6.45) is 1.48. The monoisotopic (exact) mass is 274 g/mol. The molecule has 1 aromatic heterocycles. The van der Waals surface area contributed by atoms with Gasteiger partial charge in [0.05, 0.1) is 13.0 Å². The van der Waals surface area contributed by atoms with Crippen molar-refractivity contribution < 1.29 is 9.90 Å². The smallest absolute Gasteiger partial charge is 0.328 e. The van der Waals surface area contributed by atoms with E-state index in [9.17, 15) is 14.4 Å². The molecule has 0 saturated heterocycles. The first kappa shape index (κ1) is 13.8. The summed E-state index contributed by atoms with van der Waals surface area (Å²) in [5.41, 5.74) is 1.17. The zero-order chi connectivity index (χ0) is 14.7. The third-order valence-corrected chi connectivity index (χ3v) is 2.92. The fraction of sp³-hybridized carbons (Fsp3) is 0.214. The first-order valence-electron chi connectivity index (χ1n) is 6.05. The predicted octanol–water partition coefficient (Wildman–Crippen LogP) is 0.520. The van der Waals surface area contributed by atoms with E-state index < -0.39 is 11.7 Å². The highest BCUT2D eigenvalue weighted by Gasteiger charge is 2.03. The lowest BCUT2D eigenvalue weighted by Crippen LogP contribution is -2.31. The van der Waals surface area contributed by atoms with Crippen LogP contribution >= 0.6 is 0 Å². The van der Waals surface area contributed by atoms with Gasteiger partial charge in [0.15, 0.2) is 0 Å². The summed E-state index contributed by atoms with van der Waals surface area (Å²) in [6.45, 7) is 1.95. The average Bonchev–Trinajstić information content (AvgIpc) is 2.37. The molecule has 0 aliphatic carbocycles. The fourth-order valence-corrected chi connectivity index (χ4v) is 1.87. The molecule has 0 atom stereocenters. The molecule has 0 radical (unpaired) electrons. The van der Waals surface area contributed by atoms with Crippen molar-refractivity contribution in [2.75, 3.05) is 0 Å². The predicted molar refractivity (Wildman–Crippen MR) is 72.9 cm³/mol. The van der Waals surface area contributed by atoms with Gasteiger partial charge in [-0.1, -0.05) is 24.3 Å². The number of aliphatic carboxylic acids is 1. The van der Waals surface area contributed by atoms with Gasteiger partial charge in [0.1, 0.15) is 0 Å². The van der Waals surface area contributed by atoms with E-state index in [0.717, 1.165) is 5.56 Å². The van der Waals surface area contributed by atoms with Crippen molar-refractivity contribution in [3.05, 3.63) is 68.0 Å². The van der Waals surface area contributed by atoms with Crippen molar-refractivity contribution >= 4 is 5.97 Å². The van der Waals surface area contributed by atoms with Crippen LogP contribution in [0.1, 0.15) is 16.7 Å². The summed E-state index contributed by atoms with van der Waals surface area (Å²) < 4.78 is 1.41. The lowest BCUT2D eigenvalue weighted by molar-refractivity contribution is -0.136. The molecule has 1 aromatic carbocycles. The number of aromatic nitrogens is 2. The number of hydrogen-bond donors (Lipinski definition) is 2. The molecule has 6 nitrogen and oxygen atoms in total. The van der Waals surface area contributed by atoms with Crippen LogP contribution in [-0.4, -0.2) is 20.6 Å². The van der Waals surface area contributed by atoms with Crippen LogP contribution < -0.4 is 11.2 Å². The number of nitrogens with one attached hydrogen (secondary N) is 1. The van der Waals surface area contributed by atoms with Crippen molar-refractivity contribution in [2.24, 2.45) is 0 Å². The summed E-state index contributed by atoms with van der Waals surface area (Å²) in [5, 5.41) is 8.69. The topological polar surface area (TPSA) is 92.2 Å². The van der Waals surface area contributed by atoms with Gasteiger partial charge in [-0.3, -0.25) is 19.1 Å². The maximum Gasteiger partial charge on any atom is 0.328 e. The molecule has 0 amide bonds. The second-order valence-electron chi connectivity index (χ2n) is 4.59. The number of carboxylic acid groups (broad SMARTS) is 1. The molecule has 0 saturated carbocycles. The van der Waals surface area contributed by atoms with Gasteiger partial charge < -0.3 is 5.11 Å². The Morgan fingerprint density at radius 3 is 2.40 bits per heavy atom. The van der Waals surface area contributed by atoms with Gasteiger partial charge in [-0.2, -0.15) is 0 Å². The number of nitrogens with zero attached hydrogens (tertiary/aromatic N) is 1. The van der Waals surface area contributed by atoms with Crippen molar-refractivity contribution in [3.8, 4) is 0 Å². The van der Waals surface area contributed by atoms with E-state index in [0.29, 0.717) is 17.7 Å². The largest absolute Gasteiger partial charge is 0.481 e. The first-order chi connectivity index (χ1) is 9.45. The quantitative estimate of drug-likeness (QED) is 0.850. The summed E-state index contributed by atoms with van der Waals surface area (Å²) >= 11 is 0. The molecule has 0 fully saturated rings. The number of hydrogen-bond acceptors (Lipinski definition) is 3. The van der Waals surface area contributed by atoms with Crippen LogP contribution in [0.2, 0.25) is 0 Å². The van der Waals surface area contributed by atoms with E-state index >= 15 is 0 Å². The van der Waals surface area contributed by atoms with Crippen LogP contribution in [0.4, 0.5) is 0 Å². The van der Waals surface area contributed by atoms with Gasteiger partial charge >= 0.3 is 11.7 Å². The molecule has 0 spiro atoms. The minimum absolute atomic E-state index is 0.0298. The fourth-order valence-electron chi connectivity index (χ4n) is 1.87. The maximum absolute atomic E-state index is 11.6. The molecule has 2 aromatic rings. The molecule has 0 aliphatic rings. The normalized spacial score (nSPS) is 10.4. The molecule has 0 unspecified atom stereocenters. The average molecular weight is 274 g/mol. The molecule has 6 heteroatoms. The van der Waals surface area contributed by atoms with Crippen molar-refractivity contribution in [1.82, 2.24) is 9.55 Å². The van der Waals surface area contributed by atoms with Crippen LogP contribution in [-0.2, 0) is 17.8 Å². The maximum atomic E-state index is 11.6. The van der Waals surface area contributed by atoms with Crippen LogP contribution in [0.5, 0.6) is 0 Å². The van der Waals surface area contributed by atoms with Gasteiger partial charge in [-0.15, -0.1) is 0 Å². The van der Waals surface area contributed by atoms with Crippen molar-refractivity contribution in [2.45, 2.75) is 19.9 Å². The number of benzene rings is 1. The first-order valence-corrected chi connectivity index (χ1v) is 6.05. The second kappa shape index (κ2) is 5.56. The summed E-state index contributed by atoms with van der Waals surface area (Å²) in [6, 6.07) is 6.97. The Kier molecular flexibility index (Phi) is 3.84. The Hall–Kier alpha value is -2.63. The van der Waals surface area contributed by atoms with E-state index in [1.165, 1.54) is 10.8 Å². The highest BCUT2D eigenvalue weighted by molar-refractivity contribution is 5.70. The van der Waals surface area contributed by atoms with E-state index in [2.05, 4.69) is 4.98 Å². The Balaban J connectivity index is 2.22. The van der Waals surface area contributed by atoms with Crippen LogP contribution in [0.25, 0.3) is 0 Å². The standard InChI is InChI=1S/C14H14N2O4/c1-9-7-16(14(20)15-13(9)19)8-11-4-2-10(3-5-11)6-12(17)18/h2-5,7H,6,8H2,1H3,(H,17,18)(H,15,19,20). The molecular formula is C14H14N2O4. The van der Waals surface area contributed by atoms with Crippen LogP contribution in [0, 0.1) is 6.92 Å². The van der Waals surface area contributed by atoms with Gasteiger partial charge in [0, 0.05) is 11.8 Å². The summed E-state index contributed by atoms with van der Waals surface area (Å²) in [4.78, 5) is 35.7. The Morgan fingerprint density at radius 1 is 1.20 bits per heavy atom. The van der Waals surface area contributed by atoms with Crippen LogP contribution in [0.15, 0.2) is 40.1 Å². The molecule has 20 heavy (non-hydrogen) atoms. The minimum atomic E-state index is -0.884. The van der Waals surface area contributed by atoms with Gasteiger partial charge in [-0.25, -0.2) is 4.79 Å². The van der Waals surface area contributed by atoms with Crippen molar-refractivity contribution in [3.63, 3.8) is 0 Å². The molecule has 0 bridgehead atoms. The highest BCUT2D eigenvalue weighted by atomic mass is 16.4. The molecule has 104 valence electrons. The number of aryl methyl sites for hydroxylation is 1. The van der Waals surface area contributed by atoms with Gasteiger partial charge in [0.2, 0.25) is 0 Å². The van der Waals surface area contributed by atoms with E-state index in [1.54, 1.807) is 31.2 Å². The third kappa shape index (κ3) is 3.23. The van der Waals surface area contributed by atoms with Crippen LogP contribution in [0.3, 0.4) is 0 Å². The number of rotatable bonds is 4. The lowest BCUT2D eigenvalue weighted by Gasteiger charge is -2.06. The zero-order valence-corrected chi connectivity index (χ0v) is 10.9. The van der Waals surface area contributed by atoms with Crippen molar-refractivity contribution in [1.29, 1.82) is 0 Å².